The Labute approximate surface area is 121 Å². The Kier molecular flexibility index (Phi) is 3.63. The Morgan fingerprint density at radius 2 is 2.05 bits per heavy atom. The van der Waals surface area contributed by atoms with Crippen LogP contribution in [0.5, 0.6) is 0 Å². The largest absolute Gasteiger partial charge is 0.355 e. The monoisotopic (exact) mass is 294 g/mol. The smallest absolute Gasteiger partial charge is 0.150 e. The van der Waals surface area contributed by atoms with Crippen molar-refractivity contribution in [3.05, 3.63) is 35.1 Å². The average Bonchev–Trinajstić information content (AvgIpc) is 2.92. The Hall–Kier alpha value is -1.59. The fraction of sp³-hybridized carbons (Fsp3) is 0.357. The molecule has 0 amide bonds. The molecular weight excluding hydrogens is 279 g/mol. The maximum Gasteiger partial charge on any atom is 0.150 e. The van der Waals surface area contributed by atoms with Crippen LogP contribution in [0.2, 0.25) is 5.02 Å². The lowest BCUT2D eigenvalue weighted by molar-refractivity contribution is 0.498. The molecule has 0 aliphatic carbocycles. The predicted octanol–water partition coefficient (Wildman–Crippen LogP) is 2.80. The average molecular weight is 295 g/mol. The van der Waals surface area contributed by atoms with E-state index in [1.54, 1.807) is 12.1 Å². The molecule has 1 aliphatic rings. The summed E-state index contributed by atoms with van der Waals surface area (Å²) in [5, 5.41) is 7.40. The van der Waals surface area contributed by atoms with E-state index in [0.717, 1.165) is 43.0 Å². The number of benzene rings is 1. The van der Waals surface area contributed by atoms with Gasteiger partial charge in [0.1, 0.15) is 5.82 Å². The third kappa shape index (κ3) is 2.64. The topological polar surface area (TPSA) is 57.9 Å². The minimum absolute atomic E-state index is 0.114. The molecule has 6 heteroatoms. The number of H-pyrrole nitrogens is 1. The normalized spacial score (nSPS) is 16.6. The highest BCUT2D eigenvalue weighted by atomic mass is 35.5. The summed E-state index contributed by atoms with van der Waals surface area (Å²) in [5.41, 5.74) is 7.55. The molecule has 20 heavy (non-hydrogen) atoms. The first-order valence-electron chi connectivity index (χ1n) is 6.65. The number of halogens is 2. The Bertz CT molecular complexity index is 605. The van der Waals surface area contributed by atoms with Crippen molar-refractivity contribution in [3.8, 4) is 11.3 Å². The molecule has 3 N–H and O–H groups in total. The van der Waals surface area contributed by atoms with Crippen LogP contribution in [0.3, 0.4) is 0 Å². The summed E-state index contributed by atoms with van der Waals surface area (Å²) in [7, 11) is 0. The molecule has 106 valence electrons. The van der Waals surface area contributed by atoms with E-state index in [0.29, 0.717) is 6.04 Å². The molecule has 1 fully saturated rings. The highest BCUT2D eigenvalue weighted by molar-refractivity contribution is 6.31. The van der Waals surface area contributed by atoms with Gasteiger partial charge in [0, 0.05) is 30.8 Å². The zero-order chi connectivity index (χ0) is 14.1. The number of nitrogens with zero attached hydrogens (tertiary/aromatic N) is 2. The van der Waals surface area contributed by atoms with Gasteiger partial charge < -0.3 is 10.6 Å². The van der Waals surface area contributed by atoms with E-state index in [2.05, 4.69) is 15.1 Å². The summed E-state index contributed by atoms with van der Waals surface area (Å²) in [4.78, 5) is 2.20. The molecule has 4 nitrogen and oxygen atoms in total. The lowest BCUT2D eigenvalue weighted by Gasteiger charge is -2.29. The van der Waals surface area contributed by atoms with Crippen LogP contribution in [0, 0.1) is 5.82 Å². The maximum atomic E-state index is 13.2. The molecule has 0 atom stereocenters. The molecule has 1 saturated heterocycles. The van der Waals surface area contributed by atoms with E-state index >= 15 is 0 Å². The number of rotatable bonds is 2. The fourth-order valence-corrected chi connectivity index (χ4v) is 2.59. The lowest BCUT2D eigenvalue weighted by Crippen LogP contribution is -2.39. The van der Waals surface area contributed by atoms with Crippen molar-refractivity contribution in [2.45, 2.75) is 18.9 Å². The van der Waals surface area contributed by atoms with Crippen LogP contribution in [-0.2, 0) is 0 Å². The van der Waals surface area contributed by atoms with Crippen LogP contribution >= 0.6 is 11.6 Å². The van der Waals surface area contributed by atoms with Crippen molar-refractivity contribution < 1.29 is 4.39 Å². The number of nitrogens with two attached hydrogens (primary N) is 1. The molecule has 2 heterocycles. The molecule has 1 aromatic heterocycles. The molecular formula is C14H16ClFN4. The highest BCUT2D eigenvalue weighted by Gasteiger charge is 2.18. The number of nitrogens with one attached hydrogen (secondary N) is 1. The number of anilines is 1. The van der Waals surface area contributed by atoms with Gasteiger partial charge in [-0.15, -0.1) is 0 Å². The summed E-state index contributed by atoms with van der Waals surface area (Å²) in [6.07, 6.45) is 1.95. The second-order valence-corrected chi connectivity index (χ2v) is 5.50. The summed E-state index contributed by atoms with van der Waals surface area (Å²) in [5.74, 6) is 0.479. The van der Waals surface area contributed by atoms with Crippen LogP contribution < -0.4 is 10.6 Å². The fourth-order valence-electron chi connectivity index (χ4n) is 2.41. The predicted molar refractivity (Wildman–Crippen MR) is 78.4 cm³/mol. The van der Waals surface area contributed by atoms with Gasteiger partial charge in [0.2, 0.25) is 0 Å². The van der Waals surface area contributed by atoms with Gasteiger partial charge in [-0.3, -0.25) is 5.10 Å². The highest BCUT2D eigenvalue weighted by Crippen LogP contribution is 2.27. The van der Waals surface area contributed by atoms with E-state index in [1.165, 1.54) is 6.07 Å². The van der Waals surface area contributed by atoms with Gasteiger partial charge in [0.25, 0.3) is 0 Å². The Morgan fingerprint density at radius 3 is 2.75 bits per heavy atom. The van der Waals surface area contributed by atoms with Crippen LogP contribution in [0.15, 0.2) is 24.3 Å². The molecule has 0 spiro atoms. The van der Waals surface area contributed by atoms with Crippen LogP contribution in [-0.4, -0.2) is 29.3 Å². The SMILES string of the molecule is NC1CCN(c2cc(-c3ccc(F)c(Cl)c3)[nH]n2)CC1. The van der Waals surface area contributed by atoms with Gasteiger partial charge in [-0.1, -0.05) is 11.6 Å². The first-order valence-corrected chi connectivity index (χ1v) is 7.02. The van der Waals surface area contributed by atoms with Crippen molar-refractivity contribution in [1.82, 2.24) is 10.2 Å². The molecule has 1 aromatic carbocycles. The first-order chi connectivity index (χ1) is 9.63. The van der Waals surface area contributed by atoms with Crippen LogP contribution in [0.1, 0.15) is 12.8 Å². The molecule has 3 rings (SSSR count). The van der Waals surface area contributed by atoms with Crippen molar-refractivity contribution in [1.29, 1.82) is 0 Å². The van der Waals surface area contributed by atoms with E-state index in [9.17, 15) is 4.39 Å². The standard InChI is InChI=1S/C14H16ClFN4/c15-11-7-9(1-2-12(11)16)13-8-14(19-18-13)20-5-3-10(17)4-6-20/h1-2,7-8,10H,3-6,17H2,(H,18,19). The minimum atomic E-state index is -0.417. The lowest BCUT2D eigenvalue weighted by atomic mass is 10.1. The zero-order valence-corrected chi connectivity index (χ0v) is 11.7. The van der Waals surface area contributed by atoms with Gasteiger partial charge in [-0.05, 0) is 31.0 Å². The number of aromatic nitrogens is 2. The molecule has 0 unspecified atom stereocenters. The van der Waals surface area contributed by atoms with Crippen molar-refractivity contribution >= 4 is 17.4 Å². The molecule has 0 radical (unpaired) electrons. The number of hydrogen-bond acceptors (Lipinski definition) is 3. The first kappa shape index (κ1) is 13.4. The third-order valence-electron chi connectivity index (χ3n) is 3.66. The quantitative estimate of drug-likeness (QED) is 0.895. The van der Waals surface area contributed by atoms with Crippen molar-refractivity contribution in [2.24, 2.45) is 5.73 Å². The molecule has 0 saturated carbocycles. The van der Waals surface area contributed by atoms with Gasteiger partial charge in [-0.25, -0.2) is 4.39 Å². The Balaban J connectivity index is 1.81. The second-order valence-electron chi connectivity index (χ2n) is 5.09. The second kappa shape index (κ2) is 5.42. The number of piperidine rings is 1. The molecule has 1 aliphatic heterocycles. The maximum absolute atomic E-state index is 13.2. The van der Waals surface area contributed by atoms with Crippen molar-refractivity contribution in [3.63, 3.8) is 0 Å². The summed E-state index contributed by atoms with van der Waals surface area (Å²) in [6.45, 7) is 1.82. The van der Waals surface area contributed by atoms with Crippen LogP contribution in [0.25, 0.3) is 11.3 Å². The van der Waals surface area contributed by atoms with E-state index in [1.807, 2.05) is 6.07 Å². The van der Waals surface area contributed by atoms with Gasteiger partial charge in [0.05, 0.1) is 10.7 Å². The van der Waals surface area contributed by atoms with E-state index < -0.39 is 5.82 Å². The number of hydrogen-bond donors (Lipinski definition) is 2. The van der Waals surface area contributed by atoms with Crippen LogP contribution in [0.4, 0.5) is 10.2 Å². The van der Waals surface area contributed by atoms with E-state index in [-0.39, 0.29) is 5.02 Å². The Morgan fingerprint density at radius 1 is 1.30 bits per heavy atom. The van der Waals surface area contributed by atoms with E-state index in [4.69, 9.17) is 17.3 Å². The zero-order valence-electron chi connectivity index (χ0n) is 10.9. The minimum Gasteiger partial charge on any atom is -0.355 e. The molecule has 0 bridgehead atoms. The van der Waals surface area contributed by atoms with Gasteiger partial charge in [-0.2, -0.15) is 5.10 Å². The number of aromatic amines is 1. The summed E-state index contributed by atoms with van der Waals surface area (Å²) >= 11 is 5.80. The van der Waals surface area contributed by atoms with Gasteiger partial charge >= 0.3 is 0 Å². The van der Waals surface area contributed by atoms with Crippen molar-refractivity contribution in [2.75, 3.05) is 18.0 Å². The summed E-state index contributed by atoms with van der Waals surface area (Å²) < 4.78 is 13.2. The molecule has 2 aromatic rings. The summed E-state index contributed by atoms with van der Waals surface area (Å²) in [6, 6.07) is 6.89. The van der Waals surface area contributed by atoms with Gasteiger partial charge in [0.15, 0.2) is 5.82 Å². The third-order valence-corrected chi connectivity index (χ3v) is 3.95.